The molecule has 0 aromatic heterocycles. The van der Waals surface area contributed by atoms with Crippen molar-refractivity contribution < 1.29 is 24.9 Å². The number of aryl methyl sites for hydroxylation is 1. The van der Waals surface area contributed by atoms with Crippen molar-refractivity contribution in [2.24, 2.45) is 0 Å². The number of allylic oxidation sites excluding steroid dienone is 1. The maximum Gasteiger partial charge on any atom is 0.194 e. The second kappa shape index (κ2) is 6.53. The SMILES string of the molecule is CC(=CCCc1ccc2c(c1)C(=O)c1cc(O)c(O)cc1C2=O)CO. The summed E-state index contributed by atoms with van der Waals surface area (Å²) in [5.74, 6) is -1.54. The van der Waals surface area contributed by atoms with Gasteiger partial charge in [0.1, 0.15) is 0 Å². The topological polar surface area (TPSA) is 94.8 Å². The predicted molar refractivity (Wildman–Crippen MR) is 92.2 cm³/mol. The molecule has 3 N–H and O–H groups in total. The van der Waals surface area contributed by atoms with Crippen molar-refractivity contribution in [3.05, 3.63) is 69.8 Å². The van der Waals surface area contributed by atoms with Crippen LogP contribution in [-0.2, 0) is 6.42 Å². The lowest BCUT2D eigenvalue weighted by Gasteiger charge is -2.18. The van der Waals surface area contributed by atoms with Gasteiger partial charge in [0.2, 0.25) is 0 Å². The Labute approximate surface area is 144 Å². The van der Waals surface area contributed by atoms with Crippen LogP contribution in [0.2, 0.25) is 0 Å². The molecule has 5 heteroatoms. The highest BCUT2D eigenvalue weighted by Crippen LogP contribution is 2.35. The van der Waals surface area contributed by atoms with Crippen molar-refractivity contribution in [1.82, 2.24) is 0 Å². The quantitative estimate of drug-likeness (QED) is 0.502. The van der Waals surface area contributed by atoms with Gasteiger partial charge in [-0.05, 0) is 43.5 Å². The zero-order valence-corrected chi connectivity index (χ0v) is 13.7. The van der Waals surface area contributed by atoms with Crippen molar-refractivity contribution in [3.8, 4) is 11.5 Å². The van der Waals surface area contributed by atoms with Crippen LogP contribution in [0.4, 0.5) is 0 Å². The summed E-state index contributed by atoms with van der Waals surface area (Å²) in [5, 5.41) is 28.2. The number of rotatable bonds is 4. The van der Waals surface area contributed by atoms with Gasteiger partial charge < -0.3 is 15.3 Å². The summed E-state index contributed by atoms with van der Waals surface area (Å²) < 4.78 is 0. The van der Waals surface area contributed by atoms with Crippen molar-refractivity contribution in [1.29, 1.82) is 0 Å². The number of phenols is 2. The van der Waals surface area contributed by atoms with Crippen LogP contribution in [0.25, 0.3) is 0 Å². The van der Waals surface area contributed by atoms with Gasteiger partial charge in [-0.2, -0.15) is 0 Å². The number of aliphatic hydroxyl groups is 1. The maximum atomic E-state index is 12.7. The zero-order valence-electron chi connectivity index (χ0n) is 13.7. The minimum absolute atomic E-state index is 0.0182. The van der Waals surface area contributed by atoms with E-state index in [9.17, 15) is 19.8 Å². The van der Waals surface area contributed by atoms with E-state index in [1.807, 2.05) is 13.0 Å². The first-order chi connectivity index (χ1) is 11.9. The molecule has 0 saturated carbocycles. The third-order valence-electron chi connectivity index (χ3n) is 4.35. The molecule has 25 heavy (non-hydrogen) atoms. The minimum atomic E-state index is -0.427. The van der Waals surface area contributed by atoms with E-state index in [2.05, 4.69) is 0 Å². The van der Waals surface area contributed by atoms with Crippen molar-refractivity contribution in [2.45, 2.75) is 19.8 Å². The third-order valence-corrected chi connectivity index (χ3v) is 4.35. The lowest BCUT2D eigenvalue weighted by atomic mass is 9.82. The molecular formula is C20H18O5. The number of fused-ring (bicyclic) bond motifs is 2. The Bertz CT molecular complexity index is 909. The Balaban J connectivity index is 1.96. The Kier molecular flexibility index (Phi) is 4.42. The minimum Gasteiger partial charge on any atom is -0.504 e. The zero-order chi connectivity index (χ0) is 18.1. The highest BCUT2D eigenvalue weighted by molar-refractivity contribution is 6.28. The van der Waals surface area contributed by atoms with Crippen molar-refractivity contribution in [2.75, 3.05) is 6.61 Å². The molecule has 2 aromatic rings. The molecular weight excluding hydrogens is 320 g/mol. The molecule has 0 aliphatic heterocycles. The number of ketones is 2. The fourth-order valence-corrected chi connectivity index (χ4v) is 2.93. The summed E-state index contributed by atoms with van der Waals surface area (Å²) in [7, 11) is 0. The van der Waals surface area contributed by atoms with Crippen LogP contribution < -0.4 is 0 Å². The molecule has 0 fully saturated rings. The summed E-state index contributed by atoms with van der Waals surface area (Å²) in [6.07, 6.45) is 3.33. The highest BCUT2D eigenvalue weighted by Gasteiger charge is 2.31. The molecule has 0 saturated heterocycles. The Morgan fingerprint density at radius 3 is 2.08 bits per heavy atom. The smallest absolute Gasteiger partial charge is 0.194 e. The first-order valence-electron chi connectivity index (χ1n) is 7.97. The molecule has 1 aliphatic rings. The van der Waals surface area contributed by atoms with Crippen molar-refractivity contribution in [3.63, 3.8) is 0 Å². The largest absolute Gasteiger partial charge is 0.504 e. The molecule has 5 nitrogen and oxygen atoms in total. The van der Waals surface area contributed by atoms with Crippen LogP contribution in [0, 0.1) is 0 Å². The molecule has 128 valence electrons. The van der Waals surface area contributed by atoms with Gasteiger partial charge in [0, 0.05) is 22.3 Å². The number of hydrogen-bond acceptors (Lipinski definition) is 5. The maximum absolute atomic E-state index is 12.7. The molecule has 0 spiro atoms. The van der Waals surface area contributed by atoms with E-state index < -0.39 is 11.5 Å². The lowest BCUT2D eigenvalue weighted by molar-refractivity contribution is 0.0978. The van der Waals surface area contributed by atoms with E-state index in [-0.39, 0.29) is 29.3 Å². The van der Waals surface area contributed by atoms with E-state index in [4.69, 9.17) is 5.11 Å². The number of aliphatic hydroxyl groups excluding tert-OH is 1. The Morgan fingerprint density at radius 2 is 1.48 bits per heavy atom. The van der Waals surface area contributed by atoms with Crippen LogP contribution in [0.5, 0.6) is 11.5 Å². The average Bonchev–Trinajstić information content (AvgIpc) is 2.61. The summed E-state index contributed by atoms with van der Waals surface area (Å²) >= 11 is 0. The number of carbonyl (C=O) groups excluding carboxylic acids is 2. The molecule has 0 heterocycles. The Morgan fingerprint density at radius 1 is 0.920 bits per heavy atom. The summed E-state index contributed by atoms with van der Waals surface area (Å²) in [5.41, 5.74) is 2.60. The van der Waals surface area contributed by atoms with Crippen LogP contribution in [0.1, 0.15) is 50.8 Å². The number of carbonyl (C=O) groups is 2. The third kappa shape index (κ3) is 3.06. The van der Waals surface area contributed by atoms with Gasteiger partial charge in [-0.15, -0.1) is 0 Å². The number of phenolic OH excluding ortho intramolecular Hbond substituents is 2. The fraction of sp³-hybridized carbons (Fsp3) is 0.200. The van der Waals surface area contributed by atoms with Gasteiger partial charge in [-0.3, -0.25) is 9.59 Å². The standard InChI is InChI=1S/C20H18O5/c1-11(10-21)3-2-4-12-5-6-13-14(7-12)20(25)16-9-18(23)17(22)8-15(16)19(13)24/h3,5-9,21-23H,2,4,10H2,1H3. The van der Waals surface area contributed by atoms with Crippen LogP contribution in [0.15, 0.2) is 42.0 Å². The molecule has 0 radical (unpaired) electrons. The van der Waals surface area contributed by atoms with Gasteiger partial charge in [0.25, 0.3) is 0 Å². The van der Waals surface area contributed by atoms with E-state index in [0.717, 1.165) is 29.7 Å². The van der Waals surface area contributed by atoms with Crippen LogP contribution >= 0.6 is 0 Å². The Hall–Kier alpha value is -2.92. The van der Waals surface area contributed by atoms with E-state index in [0.29, 0.717) is 17.5 Å². The first kappa shape index (κ1) is 16.9. The lowest BCUT2D eigenvalue weighted by Crippen LogP contribution is -2.21. The van der Waals surface area contributed by atoms with Crippen LogP contribution in [0.3, 0.4) is 0 Å². The number of benzene rings is 2. The van der Waals surface area contributed by atoms with Gasteiger partial charge in [0.05, 0.1) is 6.61 Å². The monoisotopic (exact) mass is 338 g/mol. The molecule has 1 aliphatic carbocycles. The van der Waals surface area contributed by atoms with Gasteiger partial charge in [0.15, 0.2) is 23.1 Å². The molecule has 0 bridgehead atoms. The summed E-state index contributed by atoms with van der Waals surface area (Å²) in [6.45, 7) is 1.86. The summed E-state index contributed by atoms with van der Waals surface area (Å²) in [4.78, 5) is 25.3. The summed E-state index contributed by atoms with van der Waals surface area (Å²) in [6, 6.07) is 7.39. The van der Waals surface area contributed by atoms with E-state index >= 15 is 0 Å². The normalized spacial score (nSPS) is 13.6. The number of aromatic hydroxyl groups is 2. The molecule has 3 rings (SSSR count). The average molecular weight is 338 g/mol. The highest BCUT2D eigenvalue weighted by atomic mass is 16.3. The fourth-order valence-electron chi connectivity index (χ4n) is 2.93. The molecule has 0 atom stereocenters. The second-order valence-electron chi connectivity index (χ2n) is 6.17. The molecule has 0 unspecified atom stereocenters. The first-order valence-corrected chi connectivity index (χ1v) is 7.97. The van der Waals surface area contributed by atoms with Crippen molar-refractivity contribution >= 4 is 11.6 Å². The molecule has 2 aromatic carbocycles. The van der Waals surface area contributed by atoms with Crippen LogP contribution in [-0.4, -0.2) is 33.5 Å². The molecule has 0 amide bonds. The number of hydrogen-bond donors (Lipinski definition) is 3. The van der Waals surface area contributed by atoms with E-state index in [1.165, 1.54) is 0 Å². The van der Waals surface area contributed by atoms with E-state index in [1.54, 1.807) is 18.2 Å². The second-order valence-corrected chi connectivity index (χ2v) is 6.17. The predicted octanol–water partition coefficient (Wildman–Crippen LogP) is 2.74. The van der Waals surface area contributed by atoms with Gasteiger partial charge in [-0.25, -0.2) is 0 Å². The van der Waals surface area contributed by atoms with Gasteiger partial charge in [-0.1, -0.05) is 23.8 Å². The van der Waals surface area contributed by atoms with Gasteiger partial charge >= 0.3 is 0 Å².